The maximum Gasteiger partial charge on any atom is 0.249 e. The van der Waals surface area contributed by atoms with Crippen LogP contribution in [0.3, 0.4) is 0 Å². The average Bonchev–Trinajstić information content (AvgIpc) is 3.54. The van der Waals surface area contributed by atoms with Crippen LogP contribution < -0.4 is 0 Å². The molecular formula is C33H47N3O5. The number of hydrogen-bond acceptors (Lipinski definition) is 5. The van der Waals surface area contributed by atoms with E-state index < -0.39 is 41.2 Å². The molecule has 0 saturated carbocycles. The number of amides is 3. The molecule has 1 N–H and O–H groups in total. The third kappa shape index (κ3) is 5.37. The summed E-state index contributed by atoms with van der Waals surface area (Å²) in [5.74, 6) is -2.25. The lowest BCUT2D eigenvalue weighted by Crippen LogP contribution is -2.61. The molecule has 3 fully saturated rings. The number of likely N-dealkylation sites (N-methyl/N-ethyl adjacent to an activating group) is 1. The Hall–Kier alpha value is -2.97. The van der Waals surface area contributed by atoms with Gasteiger partial charge < -0.3 is 24.5 Å². The second-order valence-corrected chi connectivity index (χ2v) is 13.7. The summed E-state index contributed by atoms with van der Waals surface area (Å²) in [7, 11) is 1.70. The zero-order valence-electron chi connectivity index (χ0n) is 25.5. The van der Waals surface area contributed by atoms with E-state index in [0.29, 0.717) is 25.9 Å². The van der Waals surface area contributed by atoms with Crippen molar-refractivity contribution in [3.05, 3.63) is 61.2 Å². The summed E-state index contributed by atoms with van der Waals surface area (Å²) in [6.07, 6.45) is 4.71. The Balaban J connectivity index is 1.86. The summed E-state index contributed by atoms with van der Waals surface area (Å²) in [5, 5.41) is 10.7. The van der Waals surface area contributed by atoms with Crippen molar-refractivity contribution in [1.82, 2.24) is 14.7 Å². The summed E-state index contributed by atoms with van der Waals surface area (Å²) in [4.78, 5) is 48.1. The highest BCUT2D eigenvalue weighted by atomic mass is 16.5. The molecule has 224 valence electrons. The van der Waals surface area contributed by atoms with Gasteiger partial charge in [-0.15, -0.1) is 13.2 Å². The summed E-state index contributed by atoms with van der Waals surface area (Å²) >= 11 is 0. The molecule has 8 heteroatoms. The van der Waals surface area contributed by atoms with Gasteiger partial charge in [-0.1, -0.05) is 63.3 Å². The summed E-state index contributed by atoms with van der Waals surface area (Å²) in [6.45, 7) is 18.5. The van der Waals surface area contributed by atoms with Crippen LogP contribution in [0.5, 0.6) is 0 Å². The molecule has 0 radical (unpaired) electrons. The zero-order chi connectivity index (χ0) is 30.3. The first kappa shape index (κ1) is 31.0. The maximum atomic E-state index is 14.9. The molecule has 3 heterocycles. The molecule has 2 bridgehead atoms. The van der Waals surface area contributed by atoms with Gasteiger partial charge in [-0.25, -0.2) is 0 Å². The SMILES string of the molecule is C=CCN(C)C(=O)[C@@H]1[C@@H]2CCC3(O2)C(C(=O)N(CC=C)C(C)(C)CC(C)(C)C)N([C@H](CO)c2ccccc2)C(=O)[C@H]13. The van der Waals surface area contributed by atoms with Crippen LogP contribution in [0.1, 0.15) is 65.5 Å². The van der Waals surface area contributed by atoms with E-state index in [4.69, 9.17) is 4.74 Å². The number of hydrogen-bond donors (Lipinski definition) is 1. The van der Waals surface area contributed by atoms with E-state index in [9.17, 15) is 19.5 Å². The summed E-state index contributed by atoms with van der Waals surface area (Å²) < 4.78 is 6.66. The first-order valence-electron chi connectivity index (χ1n) is 14.7. The number of ether oxygens (including phenoxy) is 1. The molecule has 1 spiro atoms. The van der Waals surface area contributed by atoms with Gasteiger partial charge in [-0.05, 0) is 44.1 Å². The van der Waals surface area contributed by atoms with Crippen molar-refractivity contribution < 1.29 is 24.2 Å². The van der Waals surface area contributed by atoms with E-state index >= 15 is 0 Å². The number of carbonyl (C=O) groups is 3. The van der Waals surface area contributed by atoms with Gasteiger partial charge >= 0.3 is 0 Å². The standard InChI is InChI=1S/C33H47N3O5/c1-9-18-34(8)28(38)25-24-16-17-33(41-24)26(25)29(39)36(23(20-37)22-14-12-11-13-15-22)27(33)30(40)35(19-10-2)32(6,7)21-31(3,4)5/h9-15,23-27,37H,1-2,16-21H2,3-8H3/t23-,24+,25-,26+,27?,33?/m1/s1. The Labute approximate surface area is 245 Å². The first-order valence-corrected chi connectivity index (χ1v) is 14.7. The molecule has 3 saturated heterocycles. The number of benzene rings is 1. The molecule has 6 atom stereocenters. The van der Waals surface area contributed by atoms with E-state index in [2.05, 4.69) is 33.9 Å². The van der Waals surface area contributed by atoms with Crippen molar-refractivity contribution in [2.45, 2.75) is 83.2 Å². The third-order valence-electron chi connectivity index (χ3n) is 9.00. The van der Waals surface area contributed by atoms with Crippen LogP contribution in [-0.2, 0) is 19.1 Å². The van der Waals surface area contributed by atoms with Crippen molar-refractivity contribution in [3.8, 4) is 0 Å². The van der Waals surface area contributed by atoms with Crippen LogP contribution in [-0.4, -0.2) is 87.6 Å². The molecule has 3 aliphatic rings. The van der Waals surface area contributed by atoms with Gasteiger partial charge in [-0.3, -0.25) is 14.4 Å². The average molecular weight is 566 g/mol. The number of fused-ring (bicyclic) bond motifs is 1. The molecule has 0 aromatic heterocycles. The lowest BCUT2D eigenvalue weighted by Gasteiger charge is -2.46. The largest absolute Gasteiger partial charge is 0.394 e. The Morgan fingerprint density at radius 3 is 2.32 bits per heavy atom. The normalized spacial score (nSPS) is 27.9. The van der Waals surface area contributed by atoms with Crippen LogP contribution in [0, 0.1) is 17.3 Å². The molecule has 3 amide bonds. The van der Waals surface area contributed by atoms with Gasteiger partial charge in [0.25, 0.3) is 0 Å². The number of likely N-dealkylation sites (tertiary alicyclic amines) is 1. The Bertz CT molecular complexity index is 1180. The topological polar surface area (TPSA) is 90.4 Å². The molecule has 3 aliphatic heterocycles. The van der Waals surface area contributed by atoms with Crippen molar-refractivity contribution in [2.24, 2.45) is 17.3 Å². The van der Waals surface area contributed by atoms with Gasteiger partial charge in [0.15, 0.2) is 0 Å². The molecule has 2 unspecified atom stereocenters. The quantitative estimate of drug-likeness (QED) is 0.410. The van der Waals surface area contributed by atoms with Gasteiger partial charge in [0.1, 0.15) is 11.6 Å². The summed E-state index contributed by atoms with van der Waals surface area (Å²) in [5.41, 5.74) is -1.07. The van der Waals surface area contributed by atoms with Gasteiger partial charge in [-0.2, -0.15) is 0 Å². The van der Waals surface area contributed by atoms with Gasteiger partial charge in [0.2, 0.25) is 17.7 Å². The van der Waals surface area contributed by atoms with Crippen molar-refractivity contribution in [2.75, 3.05) is 26.7 Å². The molecule has 0 aliphatic carbocycles. The van der Waals surface area contributed by atoms with Gasteiger partial charge in [0.05, 0.1) is 30.6 Å². The van der Waals surface area contributed by atoms with Crippen LogP contribution in [0.2, 0.25) is 0 Å². The second kappa shape index (κ2) is 11.4. The number of carbonyl (C=O) groups excluding carboxylic acids is 3. The highest BCUT2D eigenvalue weighted by molar-refractivity contribution is 5.99. The monoisotopic (exact) mass is 565 g/mol. The predicted octanol–water partition coefficient (Wildman–Crippen LogP) is 3.97. The predicted molar refractivity (Wildman–Crippen MR) is 159 cm³/mol. The number of aliphatic hydroxyl groups is 1. The van der Waals surface area contributed by atoms with Gasteiger partial charge in [0, 0.05) is 25.7 Å². The first-order chi connectivity index (χ1) is 19.2. The fourth-order valence-corrected chi connectivity index (χ4v) is 7.86. The second-order valence-electron chi connectivity index (χ2n) is 13.7. The van der Waals surface area contributed by atoms with Crippen molar-refractivity contribution >= 4 is 17.7 Å². The van der Waals surface area contributed by atoms with E-state index in [1.807, 2.05) is 49.1 Å². The molecule has 1 aromatic carbocycles. The highest BCUT2D eigenvalue weighted by Gasteiger charge is 2.75. The zero-order valence-corrected chi connectivity index (χ0v) is 25.5. The lowest BCUT2D eigenvalue weighted by atomic mass is 9.70. The number of nitrogens with zero attached hydrogens (tertiary/aromatic N) is 3. The molecule has 1 aromatic rings. The van der Waals surface area contributed by atoms with Crippen molar-refractivity contribution in [1.29, 1.82) is 0 Å². The number of aliphatic hydroxyl groups excluding tert-OH is 1. The fraction of sp³-hybridized carbons (Fsp3) is 0.606. The van der Waals surface area contributed by atoms with E-state index in [1.54, 1.807) is 29.0 Å². The Morgan fingerprint density at radius 2 is 1.76 bits per heavy atom. The van der Waals surface area contributed by atoms with Crippen LogP contribution in [0.4, 0.5) is 0 Å². The fourth-order valence-electron chi connectivity index (χ4n) is 7.86. The molecule has 4 rings (SSSR count). The summed E-state index contributed by atoms with van der Waals surface area (Å²) in [6, 6.07) is 7.52. The molecular weight excluding hydrogens is 518 g/mol. The van der Waals surface area contributed by atoms with E-state index in [-0.39, 0.29) is 29.7 Å². The van der Waals surface area contributed by atoms with Crippen LogP contribution in [0.15, 0.2) is 55.6 Å². The minimum atomic E-state index is -1.16. The minimum Gasteiger partial charge on any atom is -0.394 e. The van der Waals surface area contributed by atoms with Crippen LogP contribution >= 0.6 is 0 Å². The Morgan fingerprint density at radius 1 is 1.12 bits per heavy atom. The lowest BCUT2D eigenvalue weighted by molar-refractivity contribution is -0.156. The Kier molecular flexibility index (Phi) is 8.59. The van der Waals surface area contributed by atoms with E-state index in [0.717, 1.165) is 12.0 Å². The van der Waals surface area contributed by atoms with E-state index in [1.165, 1.54) is 0 Å². The highest BCUT2D eigenvalue weighted by Crippen LogP contribution is 2.60. The van der Waals surface area contributed by atoms with Crippen molar-refractivity contribution in [3.63, 3.8) is 0 Å². The molecule has 41 heavy (non-hydrogen) atoms. The molecule has 8 nitrogen and oxygen atoms in total. The smallest absolute Gasteiger partial charge is 0.249 e. The van der Waals surface area contributed by atoms with Crippen LogP contribution in [0.25, 0.3) is 0 Å². The number of rotatable bonds is 11. The maximum absolute atomic E-state index is 14.9. The third-order valence-corrected chi connectivity index (χ3v) is 9.00. The minimum absolute atomic E-state index is 0.0670.